The average molecular weight is 370 g/mol. The Hall–Kier alpha value is -2.71. The Labute approximate surface area is 167 Å². The van der Waals surface area contributed by atoms with Gasteiger partial charge in [-0.15, -0.1) is 0 Å². The van der Waals surface area contributed by atoms with Gasteiger partial charge in [0.2, 0.25) is 0 Å². The van der Waals surface area contributed by atoms with Crippen LogP contribution in [0, 0.1) is 5.92 Å². The largest absolute Gasteiger partial charge is 0.360 e. The fourth-order valence-corrected chi connectivity index (χ4v) is 4.23. The molecule has 3 aromatic carbocycles. The number of rotatable bonds is 6. The van der Waals surface area contributed by atoms with Crippen LogP contribution in [0.1, 0.15) is 42.4 Å². The molecule has 0 aliphatic heterocycles. The van der Waals surface area contributed by atoms with E-state index in [1.165, 1.54) is 0 Å². The predicted octanol–water partition coefficient (Wildman–Crippen LogP) is 5.75. The molecule has 0 heterocycles. The summed E-state index contributed by atoms with van der Waals surface area (Å²) in [4.78, 5) is 12.4. The SMILES string of the molecule is O=C1CCCCC1COC(c1ccccc1)(c1ccccc1)c1ccccc1. The molecule has 3 aromatic rings. The second-order valence-corrected chi connectivity index (χ2v) is 7.50. The van der Waals surface area contributed by atoms with Crippen molar-refractivity contribution in [1.29, 1.82) is 0 Å². The van der Waals surface area contributed by atoms with Crippen molar-refractivity contribution in [3.05, 3.63) is 108 Å². The van der Waals surface area contributed by atoms with Crippen LogP contribution in [0.15, 0.2) is 91.0 Å². The lowest BCUT2D eigenvalue weighted by Gasteiger charge is -2.37. The molecular formula is C26H26O2. The summed E-state index contributed by atoms with van der Waals surface area (Å²) in [5.74, 6) is 0.332. The molecule has 0 spiro atoms. The van der Waals surface area contributed by atoms with Crippen LogP contribution in [0.3, 0.4) is 0 Å². The first kappa shape index (κ1) is 18.6. The maximum atomic E-state index is 12.4. The average Bonchev–Trinajstić information content (AvgIpc) is 2.78. The molecular weight excluding hydrogens is 344 g/mol. The van der Waals surface area contributed by atoms with Crippen LogP contribution in [0.25, 0.3) is 0 Å². The molecule has 1 aliphatic rings. The van der Waals surface area contributed by atoms with Gasteiger partial charge in [-0.1, -0.05) is 97.4 Å². The van der Waals surface area contributed by atoms with Gasteiger partial charge in [0.15, 0.2) is 0 Å². The maximum Gasteiger partial charge on any atom is 0.143 e. The molecule has 0 N–H and O–H groups in total. The molecule has 1 saturated carbocycles. The number of carbonyl (C=O) groups excluding carboxylic acids is 1. The van der Waals surface area contributed by atoms with Crippen molar-refractivity contribution in [2.75, 3.05) is 6.61 Å². The summed E-state index contributed by atoms with van der Waals surface area (Å²) in [7, 11) is 0. The summed E-state index contributed by atoms with van der Waals surface area (Å²) in [6, 6.07) is 31.0. The molecule has 0 aromatic heterocycles. The highest BCUT2D eigenvalue weighted by Gasteiger charge is 2.38. The van der Waals surface area contributed by atoms with Gasteiger partial charge < -0.3 is 4.74 Å². The quantitative estimate of drug-likeness (QED) is 0.516. The highest BCUT2D eigenvalue weighted by Crippen LogP contribution is 2.41. The van der Waals surface area contributed by atoms with Crippen LogP contribution in [-0.4, -0.2) is 12.4 Å². The smallest absolute Gasteiger partial charge is 0.143 e. The molecule has 1 aliphatic carbocycles. The van der Waals surface area contributed by atoms with Gasteiger partial charge in [0, 0.05) is 12.3 Å². The third-order valence-corrected chi connectivity index (χ3v) is 5.72. The molecule has 2 heteroatoms. The van der Waals surface area contributed by atoms with Crippen LogP contribution in [-0.2, 0) is 15.1 Å². The van der Waals surface area contributed by atoms with Crippen molar-refractivity contribution in [3.63, 3.8) is 0 Å². The number of carbonyl (C=O) groups is 1. The Morgan fingerprint density at radius 2 is 1.18 bits per heavy atom. The van der Waals surface area contributed by atoms with Crippen molar-refractivity contribution >= 4 is 5.78 Å². The monoisotopic (exact) mass is 370 g/mol. The molecule has 1 unspecified atom stereocenters. The van der Waals surface area contributed by atoms with Crippen molar-refractivity contribution in [2.24, 2.45) is 5.92 Å². The van der Waals surface area contributed by atoms with Gasteiger partial charge in [-0.3, -0.25) is 4.79 Å². The minimum absolute atomic E-state index is 0.00994. The molecule has 142 valence electrons. The number of Topliss-reactive ketones (excluding diaryl/α,β-unsaturated/α-hetero) is 1. The summed E-state index contributed by atoms with van der Waals surface area (Å²) < 4.78 is 6.78. The molecule has 0 amide bonds. The first-order valence-electron chi connectivity index (χ1n) is 10.1. The van der Waals surface area contributed by atoms with Gasteiger partial charge in [0.25, 0.3) is 0 Å². The summed E-state index contributed by atoms with van der Waals surface area (Å²) >= 11 is 0. The van der Waals surface area contributed by atoms with Crippen LogP contribution >= 0.6 is 0 Å². The molecule has 1 atom stereocenters. The number of ether oxygens (including phenoxy) is 1. The summed E-state index contributed by atoms with van der Waals surface area (Å²) in [6.07, 6.45) is 3.72. The maximum absolute atomic E-state index is 12.4. The van der Waals surface area contributed by atoms with Gasteiger partial charge in [0.1, 0.15) is 11.4 Å². The van der Waals surface area contributed by atoms with Gasteiger partial charge in [-0.05, 0) is 29.5 Å². The molecule has 0 bridgehead atoms. The van der Waals surface area contributed by atoms with E-state index < -0.39 is 5.60 Å². The molecule has 28 heavy (non-hydrogen) atoms. The van der Waals surface area contributed by atoms with Crippen molar-refractivity contribution in [2.45, 2.75) is 31.3 Å². The Bertz CT molecular complexity index is 791. The molecule has 0 saturated heterocycles. The third-order valence-electron chi connectivity index (χ3n) is 5.72. The number of benzene rings is 3. The lowest BCUT2D eigenvalue weighted by Crippen LogP contribution is -2.36. The predicted molar refractivity (Wildman–Crippen MR) is 112 cm³/mol. The zero-order valence-electron chi connectivity index (χ0n) is 16.1. The topological polar surface area (TPSA) is 26.3 Å². The number of hydrogen-bond donors (Lipinski definition) is 0. The van der Waals surface area contributed by atoms with E-state index in [0.29, 0.717) is 18.8 Å². The second-order valence-electron chi connectivity index (χ2n) is 7.50. The van der Waals surface area contributed by atoms with E-state index in [4.69, 9.17) is 4.74 Å². The second kappa shape index (κ2) is 8.53. The Morgan fingerprint density at radius 1 is 0.714 bits per heavy atom. The van der Waals surface area contributed by atoms with Crippen molar-refractivity contribution in [3.8, 4) is 0 Å². The standard InChI is InChI=1S/C26H26O2/c27-25-19-11-10-12-21(25)20-28-26(22-13-4-1-5-14-22,23-15-6-2-7-16-23)24-17-8-3-9-18-24/h1-9,13-18,21H,10-12,19-20H2. The van der Waals surface area contributed by atoms with E-state index >= 15 is 0 Å². The fraction of sp³-hybridized carbons (Fsp3) is 0.269. The highest BCUT2D eigenvalue weighted by atomic mass is 16.5. The molecule has 2 nitrogen and oxygen atoms in total. The normalized spacial score (nSPS) is 17.4. The van der Waals surface area contributed by atoms with E-state index in [9.17, 15) is 4.79 Å². The minimum atomic E-state index is -0.735. The summed E-state index contributed by atoms with van der Waals surface area (Å²) in [5.41, 5.74) is 2.50. The van der Waals surface area contributed by atoms with Gasteiger partial charge in [-0.25, -0.2) is 0 Å². The number of ketones is 1. The van der Waals surface area contributed by atoms with Crippen LogP contribution in [0.5, 0.6) is 0 Å². The minimum Gasteiger partial charge on any atom is -0.360 e. The highest BCUT2D eigenvalue weighted by molar-refractivity contribution is 5.81. The summed E-state index contributed by atoms with van der Waals surface area (Å²) in [5, 5.41) is 0. The van der Waals surface area contributed by atoms with Gasteiger partial charge in [0.05, 0.1) is 6.61 Å². The molecule has 4 rings (SSSR count). The van der Waals surface area contributed by atoms with E-state index in [1.807, 2.05) is 54.6 Å². The Balaban J connectivity index is 1.82. The van der Waals surface area contributed by atoms with E-state index in [2.05, 4.69) is 36.4 Å². The van der Waals surface area contributed by atoms with Crippen LogP contribution in [0.2, 0.25) is 0 Å². The zero-order valence-corrected chi connectivity index (χ0v) is 16.1. The van der Waals surface area contributed by atoms with Gasteiger partial charge in [-0.2, -0.15) is 0 Å². The zero-order chi connectivity index (χ0) is 19.2. The molecule has 1 fully saturated rings. The Morgan fingerprint density at radius 3 is 1.61 bits per heavy atom. The van der Waals surface area contributed by atoms with Gasteiger partial charge >= 0.3 is 0 Å². The van der Waals surface area contributed by atoms with E-state index in [-0.39, 0.29) is 5.92 Å². The first-order chi connectivity index (χ1) is 13.8. The molecule has 0 radical (unpaired) electrons. The lowest BCUT2D eigenvalue weighted by atomic mass is 9.79. The first-order valence-corrected chi connectivity index (χ1v) is 10.1. The van der Waals surface area contributed by atoms with Crippen LogP contribution < -0.4 is 0 Å². The van der Waals surface area contributed by atoms with E-state index in [1.54, 1.807) is 0 Å². The van der Waals surface area contributed by atoms with Crippen molar-refractivity contribution in [1.82, 2.24) is 0 Å². The van der Waals surface area contributed by atoms with E-state index in [0.717, 1.165) is 36.0 Å². The number of hydrogen-bond acceptors (Lipinski definition) is 2. The Kier molecular flexibility index (Phi) is 5.68. The third kappa shape index (κ3) is 3.65. The summed E-state index contributed by atoms with van der Waals surface area (Å²) in [6.45, 7) is 0.442. The fourth-order valence-electron chi connectivity index (χ4n) is 4.23. The lowest BCUT2D eigenvalue weighted by molar-refractivity contribution is -0.128. The van der Waals surface area contributed by atoms with Crippen LogP contribution in [0.4, 0.5) is 0 Å². The van der Waals surface area contributed by atoms with Crippen molar-refractivity contribution < 1.29 is 9.53 Å².